The standard InChI is InChI=1S/C16H31N3/c1-7-14(8-2)19-11-10-13(18-19)12-15(17-9-3)16(4,5)6/h10-11,14-15,17H,7-9,12H2,1-6H3. The van der Waals surface area contributed by atoms with Gasteiger partial charge in [-0.05, 0) is 30.9 Å². The molecule has 1 aromatic rings. The van der Waals surface area contributed by atoms with Crippen molar-refractivity contribution in [3.63, 3.8) is 0 Å². The fourth-order valence-corrected chi connectivity index (χ4v) is 2.49. The second-order valence-corrected chi connectivity index (χ2v) is 6.44. The highest BCUT2D eigenvalue weighted by Gasteiger charge is 2.24. The molecule has 0 saturated heterocycles. The molecule has 1 aromatic heterocycles. The molecule has 1 rings (SSSR count). The summed E-state index contributed by atoms with van der Waals surface area (Å²) < 4.78 is 2.14. The lowest BCUT2D eigenvalue weighted by Crippen LogP contribution is -2.42. The molecular formula is C16H31N3. The Balaban J connectivity index is 2.75. The maximum atomic E-state index is 4.76. The van der Waals surface area contributed by atoms with E-state index in [1.165, 1.54) is 5.69 Å². The molecule has 1 atom stereocenters. The first-order chi connectivity index (χ1) is 8.92. The average molecular weight is 265 g/mol. The van der Waals surface area contributed by atoms with Crippen LogP contribution < -0.4 is 5.32 Å². The summed E-state index contributed by atoms with van der Waals surface area (Å²) in [5.41, 5.74) is 1.46. The predicted molar refractivity (Wildman–Crippen MR) is 82.5 cm³/mol. The summed E-state index contributed by atoms with van der Waals surface area (Å²) in [4.78, 5) is 0. The number of hydrogen-bond acceptors (Lipinski definition) is 2. The van der Waals surface area contributed by atoms with Crippen molar-refractivity contribution >= 4 is 0 Å². The van der Waals surface area contributed by atoms with Crippen molar-refractivity contribution < 1.29 is 0 Å². The van der Waals surface area contributed by atoms with Crippen LogP contribution in [0.4, 0.5) is 0 Å². The Morgan fingerprint density at radius 3 is 2.32 bits per heavy atom. The molecule has 1 heterocycles. The summed E-state index contributed by atoms with van der Waals surface area (Å²) in [5, 5.41) is 8.35. The SMILES string of the molecule is CCNC(Cc1ccn(C(CC)CC)n1)C(C)(C)C. The first-order valence-electron chi connectivity index (χ1n) is 7.69. The lowest BCUT2D eigenvalue weighted by molar-refractivity contribution is 0.267. The molecule has 0 aliphatic carbocycles. The van der Waals surface area contributed by atoms with Crippen LogP contribution in [0.2, 0.25) is 0 Å². The van der Waals surface area contributed by atoms with Gasteiger partial charge in [0.05, 0.1) is 11.7 Å². The van der Waals surface area contributed by atoms with Gasteiger partial charge in [-0.3, -0.25) is 4.68 Å². The van der Waals surface area contributed by atoms with Crippen LogP contribution in [0.25, 0.3) is 0 Å². The monoisotopic (exact) mass is 265 g/mol. The highest BCUT2D eigenvalue weighted by molar-refractivity contribution is 5.04. The third kappa shape index (κ3) is 4.64. The molecule has 110 valence electrons. The third-order valence-corrected chi connectivity index (χ3v) is 3.89. The number of likely N-dealkylation sites (N-methyl/N-ethyl adjacent to an activating group) is 1. The Morgan fingerprint density at radius 2 is 1.84 bits per heavy atom. The Bertz CT molecular complexity index is 358. The minimum absolute atomic E-state index is 0.259. The van der Waals surface area contributed by atoms with E-state index >= 15 is 0 Å². The molecule has 0 bridgehead atoms. The fourth-order valence-electron chi connectivity index (χ4n) is 2.49. The zero-order valence-electron chi connectivity index (χ0n) is 13.5. The first kappa shape index (κ1) is 16.2. The lowest BCUT2D eigenvalue weighted by atomic mass is 9.84. The molecule has 0 saturated carbocycles. The van der Waals surface area contributed by atoms with Gasteiger partial charge in [0.2, 0.25) is 0 Å². The van der Waals surface area contributed by atoms with Gasteiger partial charge in [0, 0.05) is 18.7 Å². The highest BCUT2D eigenvalue weighted by Crippen LogP contribution is 2.23. The van der Waals surface area contributed by atoms with Crippen molar-refractivity contribution in [2.75, 3.05) is 6.54 Å². The Morgan fingerprint density at radius 1 is 1.21 bits per heavy atom. The second kappa shape index (κ2) is 7.09. The maximum Gasteiger partial charge on any atom is 0.0640 e. The van der Waals surface area contributed by atoms with E-state index in [1.54, 1.807) is 0 Å². The largest absolute Gasteiger partial charge is 0.313 e. The smallest absolute Gasteiger partial charge is 0.0640 e. The third-order valence-electron chi connectivity index (χ3n) is 3.89. The van der Waals surface area contributed by atoms with Crippen molar-refractivity contribution in [3.05, 3.63) is 18.0 Å². The number of rotatable bonds is 7. The first-order valence-corrected chi connectivity index (χ1v) is 7.69. The van der Waals surface area contributed by atoms with Gasteiger partial charge in [0.15, 0.2) is 0 Å². The quantitative estimate of drug-likeness (QED) is 0.812. The van der Waals surface area contributed by atoms with Crippen molar-refractivity contribution in [3.8, 4) is 0 Å². The summed E-state index contributed by atoms with van der Waals surface area (Å²) >= 11 is 0. The van der Waals surface area contributed by atoms with E-state index in [4.69, 9.17) is 5.10 Å². The molecule has 0 amide bonds. The van der Waals surface area contributed by atoms with Gasteiger partial charge in [0.1, 0.15) is 0 Å². The average Bonchev–Trinajstić information content (AvgIpc) is 2.78. The van der Waals surface area contributed by atoms with E-state index < -0.39 is 0 Å². The molecule has 0 spiro atoms. The van der Waals surface area contributed by atoms with E-state index in [-0.39, 0.29) is 5.41 Å². The Kier molecular flexibility index (Phi) is 6.05. The molecule has 3 heteroatoms. The zero-order chi connectivity index (χ0) is 14.5. The number of aromatic nitrogens is 2. The molecule has 0 aliphatic rings. The summed E-state index contributed by atoms with van der Waals surface area (Å²) in [7, 11) is 0. The summed E-state index contributed by atoms with van der Waals surface area (Å²) in [6.07, 6.45) is 5.43. The topological polar surface area (TPSA) is 29.9 Å². The second-order valence-electron chi connectivity index (χ2n) is 6.44. The minimum Gasteiger partial charge on any atom is -0.313 e. The fraction of sp³-hybridized carbons (Fsp3) is 0.812. The number of nitrogens with one attached hydrogen (secondary N) is 1. The van der Waals surface area contributed by atoms with Gasteiger partial charge in [-0.25, -0.2) is 0 Å². The van der Waals surface area contributed by atoms with Gasteiger partial charge in [0.25, 0.3) is 0 Å². The summed E-state index contributed by atoms with van der Waals surface area (Å²) in [5.74, 6) is 0. The molecule has 0 radical (unpaired) electrons. The number of nitrogens with zero attached hydrogens (tertiary/aromatic N) is 2. The normalized spacial score (nSPS) is 14.1. The van der Waals surface area contributed by atoms with Crippen LogP contribution in [0, 0.1) is 5.41 Å². The van der Waals surface area contributed by atoms with E-state index in [1.807, 2.05) is 0 Å². The van der Waals surface area contributed by atoms with Crippen molar-refractivity contribution in [2.45, 2.75) is 72.9 Å². The van der Waals surface area contributed by atoms with E-state index in [0.717, 1.165) is 25.8 Å². The lowest BCUT2D eigenvalue weighted by Gasteiger charge is -2.31. The zero-order valence-corrected chi connectivity index (χ0v) is 13.5. The van der Waals surface area contributed by atoms with Gasteiger partial charge in [-0.2, -0.15) is 5.10 Å². The van der Waals surface area contributed by atoms with Crippen LogP contribution in [0.5, 0.6) is 0 Å². The van der Waals surface area contributed by atoms with Crippen LogP contribution in [0.3, 0.4) is 0 Å². The van der Waals surface area contributed by atoms with Crippen molar-refractivity contribution in [1.82, 2.24) is 15.1 Å². The van der Waals surface area contributed by atoms with Crippen molar-refractivity contribution in [1.29, 1.82) is 0 Å². The van der Waals surface area contributed by atoms with Crippen LogP contribution in [0.1, 0.15) is 66.1 Å². The summed E-state index contributed by atoms with van der Waals surface area (Å²) in [6, 6.07) is 3.19. The maximum absolute atomic E-state index is 4.76. The van der Waals surface area contributed by atoms with E-state index in [0.29, 0.717) is 12.1 Å². The molecule has 0 aromatic carbocycles. The Hall–Kier alpha value is -0.830. The van der Waals surface area contributed by atoms with Gasteiger partial charge >= 0.3 is 0 Å². The van der Waals surface area contributed by atoms with E-state index in [2.05, 4.69) is 63.8 Å². The molecule has 0 aliphatic heterocycles. The molecule has 3 nitrogen and oxygen atoms in total. The molecular weight excluding hydrogens is 234 g/mol. The summed E-state index contributed by atoms with van der Waals surface area (Å²) in [6.45, 7) is 14.5. The highest BCUT2D eigenvalue weighted by atomic mass is 15.3. The van der Waals surface area contributed by atoms with Gasteiger partial charge in [-0.1, -0.05) is 41.5 Å². The van der Waals surface area contributed by atoms with Crippen LogP contribution in [-0.4, -0.2) is 22.4 Å². The number of hydrogen-bond donors (Lipinski definition) is 1. The molecule has 1 N–H and O–H groups in total. The van der Waals surface area contributed by atoms with E-state index in [9.17, 15) is 0 Å². The van der Waals surface area contributed by atoms with Gasteiger partial charge in [-0.15, -0.1) is 0 Å². The van der Waals surface area contributed by atoms with Gasteiger partial charge < -0.3 is 5.32 Å². The Labute approximate surface area is 118 Å². The van der Waals surface area contributed by atoms with Crippen LogP contribution in [0.15, 0.2) is 12.3 Å². The van der Waals surface area contributed by atoms with Crippen molar-refractivity contribution in [2.24, 2.45) is 5.41 Å². The molecule has 19 heavy (non-hydrogen) atoms. The van der Waals surface area contributed by atoms with Crippen LogP contribution >= 0.6 is 0 Å². The molecule has 1 unspecified atom stereocenters. The molecule has 0 fully saturated rings. The minimum atomic E-state index is 0.259. The van der Waals surface area contributed by atoms with Crippen LogP contribution in [-0.2, 0) is 6.42 Å². The predicted octanol–water partition coefficient (Wildman–Crippen LogP) is 3.81.